The molecule has 2 rings (SSSR count). The van der Waals surface area contributed by atoms with E-state index in [2.05, 4.69) is 18.1 Å². The lowest BCUT2D eigenvalue weighted by molar-refractivity contribution is 0.471. The summed E-state index contributed by atoms with van der Waals surface area (Å²) in [5, 5.41) is 14.4. The summed E-state index contributed by atoms with van der Waals surface area (Å²) >= 11 is 1.76. The Morgan fingerprint density at radius 3 is 2.65 bits per heavy atom. The van der Waals surface area contributed by atoms with Crippen molar-refractivity contribution in [3.63, 3.8) is 0 Å². The first kappa shape index (κ1) is 12.0. The monoisotopic (exact) mass is 248 g/mol. The third-order valence-electron chi connectivity index (χ3n) is 2.74. The topological polar surface area (TPSA) is 38.0 Å². The van der Waals surface area contributed by atoms with E-state index in [1.165, 1.54) is 0 Å². The molecule has 0 aliphatic heterocycles. The number of nitrogens with zero attached hydrogens (tertiary/aromatic N) is 2. The summed E-state index contributed by atoms with van der Waals surface area (Å²) < 4.78 is 1.71. The van der Waals surface area contributed by atoms with Crippen molar-refractivity contribution in [1.29, 1.82) is 0 Å². The molecular weight excluding hydrogens is 232 g/mol. The number of rotatable bonds is 3. The Bertz CT molecular complexity index is 534. The smallest absolute Gasteiger partial charge is 0.164 e. The number of hydrogen-bond acceptors (Lipinski definition) is 3. The molecule has 4 heteroatoms. The highest BCUT2D eigenvalue weighted by molar-refractivity contribution is 7.99. The summed E-state index contributed by atoms with van der Waals surface area (Å²) in [5.41, 5.74) is 2.46. The van der Waals surface area contributed by atoms with E-state index in [1.54, 1.807) is 16.4 Å². The van der Waals surface area contributed by atoms with Gasteiger partial charge in [0.05, 0.1) is 5.69 Å². The van der Waals surface area contributed by atoms with Gasteiger partial charge in [-0.05, 0) is 18.7 Å². The van der Waals surface area contributed by atoms with Crippen molar-refractivity contribution < 1.29 is 5.11 Å². The molecule has 2 aromatic rings. The van der Waals surface area contributed by atoms with Crippen LogP contribution in [0.15, 0.2) is 29.2 Å². The van der Waals surface area contributed by atoms with Gasteiger partial charge >= 0.3 is 0 Å². The quantitative estimate of drug-likeness (QED) is 0.848. The Hall–Kier alpha value is -1.42. The first-order chi connectivity index (χ1) is 8.15. The summed E-state index contributed by atoms with van der Waals surface area (Å²) in [6, 6.07) is 8.04. The fraction of sp³-hybridized carbons (Fsp3) is 0.308. The minimum absolute atomic E-state index is 0.275. The molecule has 1 heterocycles. The van der Waals surface area contributed by atoms with Crippen LogP contribution < -0.4 is 0 Å². The Kier molecular flexibility index (Phi) is 3.43. The maximum atomic E-state index is 10.1. The molecule has 0 unspecified atom stereocenters. The van der Waals surface area contributed by atoms with Crippen molar-refractivity contribution in [3.05, 3.63) is 30.0 Å². The average molecular weight is 248 g/mol. The second kappa shape index (κ2) is 4.84. The van der Waals surface area contributed by atoms with E-state index in [-0.39, 0.29) is 5.75 Å². The van der Waals surface area contributed by atoms with Crippen LogP contribution in [0.1, 0.15) is 12.6 Å². The molecule has 0 aliphatic rings. The van der Waals surface area contributed by atoms with E-state index in [0.29, 0.717) is 5.69 Å². The summed E-state index contributed by atoms with van der Waals surface area (Å²) in [6.07, 6.45) is 0. The van der Waals surface area contributed by atoms with Crippen LogP contribution in [-0.2, 0) is 7.05 Å². The second-order valence-corrected chi connectivity index (χ2v) is 5.14. The van der Waals surface area contributed by atoms with Crippen LogP contribution in [0.4, 0.5) is 0 Å². The highest BCUT2D eigenvalue weighted by Crippen LogP contribution is 2.36. The first-order valence-electron chi connectivity index (χ1n) is 5.60. The van der Waals surface area contributed by atoms with E-state index in [0.717, 1.165) is 21.9 Å². The maximum absolute atomic E-state index is 10.1. The molecule has 17 heavy (non-hydrogen) atoms. The summed E-state index contributed by atoms with van der Waals surface area (Å²) in [5.74, 6) is 1.28. The third kappa shape index (κ3) is 2.17. The number of aromatic nitrogens is 2. The van der Waals surface area contributed by atoms with Gasteiger partial charge in [-0.1, -0.05) is 25.1 Å². The van der Waals surface area contributed by atoms with Crippen molar-refractivity contribution in [2.24, 2.45) is 7.05 Å². The third-order valence-corrected chi connectivity index (χ3v) is 3.70. The molecule has 0 spiro atoms. The zero-order chi connectivity index (χ0) is 12.4. The molecule has 0 atom stereocenters. The molecule has 0 fully saturated rings. The fourth-order valence-corrected chi connectivity index (χ4v) is 2.53. The molecule has 0 amide bonds. The lowest BCUT2D eigenvalue weighted by atomic mass is 10.1. The van der Waals surface area contributed by atoms with Crippen LogP contribution in [0.2, 0.25) is 0 Å². The molecule has 0 saturated carbocycles. The standard InChI is InChI=1S/C13H16N2OS/c1-4-17-11-8-6-5-7-10(11)12-13(16)9(2)15(3)14-12/h5-8,16H,4H2,1-3H3. The van der Waals surface area contributed by atoms with Gasteiger partial charge in [-0.3, -0.25) is 4.68 Å². The normalized spacial score (nSPS) is 10.8. The van der Waals surface area contributed by atoms with Gasteiger partial charge in [-0.2, -0.15) is 5.10 Å². The lowest BCUT2D eigenvalue weighted by Crippen LogP contribution is -1.92. The van der Waals surface area contributed by atoms with E-state index >= 15 is 0 Å². The molecule has 0 radical (unpaired) electrons. The zero-order valence-electron chi connectivity index (χ0n) is 10.3. The number of aryl methyl sites for hydroxylation is 1. The van der Waals surface area contributed by atoms with Gasteiger partial charge in [0.15, 0.2) is 5.75 Å². The highest BCUT2D eigenvalue weighted by Gasteiger charge is 2.16. The molecule has 1 aromatic carbocycles. The van der Waals surface area contributed by atoms with Crippen LogP contribution in [-0.4, -0.2) is 20.6 Å². The predicted octanol–water partition coefficient (Wildman–Crippen LogP) is 3.21. The van der Waals surface area contributed by atoms with Gasteiger partial charge < -0.3 is 5.11 Å². The zero-order valence-corrected chi connectivity index (χ0v) is 11.1. The minimum atomic E-state index is 0.275. The van der Waals surface area contributed by atoms with E-state index in [9.17, 15) is 5.11 Å². The van der Waals surface area contributed by atoms with E-state index in [1.807, 2.05) is 32.2 Å². The summed E-state index contributed by atoms with van der Waals surface area (Å²) in [7, 11) is 1.84. The van der Waals surface area contributed by atoms with Gasteiger partial charge in [-0.15, -0.1) is 11.8 Å². The van der Waals surface area contributed by atoms with Crippen molar-refractivity contribution >= 4 is 11.8 Å². The van der Waals surface area contributed by atoms with Crippen molar-refractivity contribution in [3.8, 4) is 17.0 Å². The SMILES string of the molecule is CCSc1ccccc1-c1nn(C)c(C)c1O. The molecular formula is C13H16N2OS. The predicted molar refractivity (Wildman–Crippen MR) is 71.4 cm³/mol. The van der Waals surface area contributed by atoms with E-state index < -0.39 is 0 Å². The summed E-state index contributed by atoms with van der Waals surface area (Å²) in [4.78, 5) is 1.16. The Labute approximate surface area is 105 Å². The van der Waals surface area contributed by atoms with Crippen LogP contribution in [0, 0.1) is 6.92 Å². The fourth-order valence-electron chi connectivity index (χ4n) is 1.72. The molecule has 0 aliphatic carbocycles. The number of aromatic hydroxyl groups is 1. The van der Waals surface area contributed by atoms with Gasteiger partial charge in [0.2, 0.25) is 0 Å². The minimum Gasteiger partial charge on any atom is -0.504 e. The van der Waals surface area contributed by atoms with Gasteiger partial charge in [0.25, 0.3) is 0 Å². The van der Waals surface area contributed by atoms with Gasteiger partial charge in [-0.25, -0.2) is 0 Å². The Morgan fingerprint density at radius 1 is 1.35 bits per heavy atom. The molecule has 90 valence electrons. The maximum Gasteiger partial charge on any atom is 0.164 e. The number of benzene rings is 1. The number of hydrogen-bond donors (Lipinski definition) is 1. The Balaban J connectivity index is 2.56. The van der Waals surface area contributed by atoms with Crippen LogP contribution in [0.3, 0.4) is 0 Å². The highest BCUT2D eigenvalue weighted by atomic mass is 32.2. The summed E-state index contributed by atoms with van der Waals surface area (Å²) in [6.45, 7) is 3.98. The average Bonchev–Trinajstić information content (AvgIpc) is 2.58. The molecule has 3 nitrogen and oxygen atoms in total. The largest absolute Gasteiger partial charge is 0.504 e. The molecule has 0 saturated heterocycles. The van der Waals surface area contributed by atoms with Crippen molar-refractivity contribution in [2.45, 2.75) is 18.7 Å². The molecule has 1 N–H and O–H groups in total. The van der Waals surface area contributed by atoms with Gasteiger partial charge in [0, 0.05) is 17.5 Å². The lowest BCUT2D eigenvalue weighted by Gasteiger charge is -2.05. The Morgan fingerprint density at radius 2 is 2.06 bits per heavy atom. The van der Waals surface area contributed by atoms with Crippen molar-refractivity contribution in [2.75, 3.05) is 5.75 Å². The van der Waals surface area contributed by atoms with Crippen LogP contribution in [0.5, 0.6) is 5.75 Å². The van der Waals surface area contributed by atoms with E-state index in [4.69, 9.17) is 0 Å². The van der Waals surface area contributed by atoms with Crippen LogP contribution in [0.25, 0.3) is 11.3 Å². The second-order valence-electron chi connectivity index (χ2n) is 3.84. The number of thioether (sulfide) groups is 1. The molecule has 0 bridgehead atoms. The van der Waals surface area contributed by atoms with Gasteiger partial charge in [0.1, 0.15) is 5.69 Å². The first-order valence-corrected chi connectivity index (χ1v) is 6.58. The molecule has 1 aromatic heterocycles. The van der Waals surface area contributed by atoms with Crippen molar-refractivity contribution in [1.82, 2.24) is 9.78 Å². The van der Waals surface area contributed by atoms with Crippen LogP contribution >= 0.6 is 11.8 Å².